The molecule has 96 valence electrons. The summed E-state index contributed by atoms with van der Waals surface area (Å²) in [5, 5.41) is 3.37. The average Bonchev–Trinajstić information content (AvgIpc) is 2.38. The third kappa shape index (κ3) is 4.70. The van der Waals surface area contributed by atoms with Crippen LogP contribution < -0.4 is 5.32 Å². The molecule has 1 rings (SSSR count). The molecular weight excluding hydrogens is 230 g/mol. The van der Waals surface area contributed by atoms with Gasteiger partial charge in [-0.15, -0.1) is 11.8 Å². The minimum Gasteiger partial charge on any atom is -0.385 e. The highest BCUT2D eigenvalue weighted by Crippen LogP contribution is 2.29. The first-order chi connectivity index (χ1) is 8.33. The van der Waals surface area contributed by atoms with Gasteiger partial charge in [0.15, 0.2) is 0 Å². The highest BCUT2D eigenvalue weighted by atomic mass is 32.2. The topological polar surface area (TPSA) is 21.3 Å². The third-order valence-electron chi connectivity index (χ3n) is 2.80. The fourth-order valence-corrected chi connectivity index (χ4v) is 2.90. The second-order valence-corrected chi connectivity index (χ2v) is 5.12. The number of benzene rings is 1. The van der Waals surface area contributed by atoms with E-state index in [9.17, 15) is 0 Å². The molecule has 1 N–H and O–H groups in total. The smallest absolute Gasteiger partial charge is 0.0470 e. The second kappa shape index (κ2) is 8.56. The Bertz CT molecular complexity index is 313. The molecule has 1 aromatic carbocycles. The number of methoxy groups -OCH3 is 1. The Morgan fingerprint density at radius 3 is 2.76 bits per heavy atom. The van der Waals surface area contributed by atoms with Crippen molar-refractivity contribution in [1.29, 1.82) is 0 Å². The summed E-state index contributed by atoms with van der Waals surface area (Å²) < 4.78 is 5.07. The maximum Gasteiger partial charge on any atom is 0.0470 e. The van der Waals surface area contributed by atoms with Gasteiger partial charge in [0.1, 0.15) is 0 Å². The molecule has 0 amide bonds. The van der Waals surface area contributed by atoms with Crippen LogP contribution in [0.2, 0.25) is 0 Å². The Kier molecular flexibility index (Phi) is 7.33. The second-order valence-electron chi connectivity index (χ2n) is 3.98. The summed E-state index contributed by atoms with van der Waals surface area (Å²) in [6, 6.07) is 9.14. The van der Waals surface area contributed by atoms with E-state index in [1.54, 1.807) is 7.11 Å². The fraction of sp³-hybridized carbons (Fsp3) is 0.571. The quantitative estimate of drug-likeness (QED) is 0.566. The van der Waals surface area contributed by atoms with E-state index >= 15 is 0 Å². The molecule has 1 unspecified atom stereocenters. The highest BCUT2D eigenvalue weighted by molar-refractivity contribution is 7.99. The summed E-state index contributed by atoms with van der Waals surface area (Å²) >= 11 is 1.93. The average molecular weight is 253 g/mol. The normalized spacial score (nSPS) is 12.6. The SMILES string of the molecule is CCC(NC)c1ccccc1SCCCOC. The van der Waals surface area contributed by atoms with Crippen molar-refractivity contribution in [3.05, 3.63) is 29.8 Å². The van der Waals surface area contributed by atoms with Crippen LogP contribution in [-0.4, -0.2) is 26.5 Å². The highest BCUT2D eigenvalue weighted by Gasteiger charge is 2.10. The summed E-state index contributed by atoms with van der Waals surface area (Å²) in [4.78, 5) is 1.39. The Labute approximate surface area is 109 Å². The lowest BCUT2D eigenvalue weighted by Gasteiger charge is -2.18. The molecule has 0 radical (unpaired) electrons. The van der Waals surface area contributed by atoms with Crippen LogP contribution in [0.25, 0.3) is 0 Å². The Hall–Kier alpha value is -0.510. The van der Waals surface area contributed by atoms with Crippen molar-refractivity contribution < 1.29 is 4.74 Å². The molecule has 1 atom stereocenters. The predicted molar refractivity (Wildman–Crippen MR) is 75.8 cm³/mol. The standard InChI is InChI=1S/C14H23NOS/c1-4-13(15-2)12-8-5-6-9-14(12)17-11-7-10-16-3/h5-6,8-9,13,15H,4,7,10-11H2,1-3H3. The van der Waals surface area contributed by atoms with Gasteiger partial charge in [0, 0.05) is 30.4 Å². The van der Waals surface area contributed by atoms with Gasteiger partial charge in [-0.2, -0.15) is 0 Å². The van der Waals surface area contributed by atoms with Gasteiger partial charge in [0.2, 0.25) is 0 Å². The number of hydrogen-bond acceptors (Lipinski definition) is 3. The number of rotatable bonds is 8. The van der Waals surface area contributed by atoms with Crippen molar-refractivity contribution in [2.75, 3.05) is 26.5 Å². The first-order valence-corrected chi connectivity index (χ1v) is 7.20. The Morgan fingerprint density at radius 2 is 2.12 bits per heavy atom. The summed E-state index contributed by atoms with van der Waals surface area (Å²) in [5.41, 5.74) is 1.42. The lowest BCUT2D eigenvalue weighted by Crippen LogP contribution is -2.16. The third-order valence-corrected chi connectivity index (χ3v) is 3.98. The van der Waals surface area contributed by atoms with Crippen LogP contribution in [0.15, 0.2) is 29.2 Å². The first kappa shape index (κ1) is 14.6. The summed E-state index contributed by atoms with van der Waals surface area (Å²) in [7, 11) is 3.78. The van der Waals surface area contributed by atoms with E-state index in [0.29, 0.717) is 6.04 Å². The van der Waals surface area contributed by atoms with Gasteiger partial charge in [0.25, 0.3) is 0 Å². The van der Waals surface area contributed by atoms with E-state index in [-0.39, 0.29) is 0 Å². The lowest BCUT2D eigenvalue weighted by atomic mass is 10.1. The van der Waals surface area contributed by atoms with Crippen molar-refractivity contribution in [2.45, 2.75) is 30.7 Å². The number of ether oxygens (including phenoxy) is 1. The van der Waals surface area contributed by atoms with Gasteiger partial charge in [-0.3, -0.25) is 0 Å². The van der Waals surface area contributed by atoms with Crippen LogP contribution in [-0.2, 0) is 4.74 Å². The molecule has 0 aliphatic heterocycles. The van der Waals surface area contributed by atoms with Crippen LogP contribution in [0.4, 0.5) is 0 Å². The van der Waals surface area contributed by atoms with Crippen LogP contribution in [0.1, 0.15) is 31.4 Å². The molecule has 0 aromatic heterocycles. The Morgan fingerprint density at radius 1 is 1.35 bits per heavy atom. The van der Waals surface area contributed by atoms with Crippen LogP contribution in [0.5, 0.6) is 0 Å². The zero-order valence-electron chi connectivity index (χ0n) is 11.0. The summed E-state index contributed by atoms with van der Waals surface area (Å²) in [6.07, 6.45) is 2.22. The molecular formula is C14H23NOS. The molecule has 0 heterocycles. The summed E-state index contributed by atoms with van der Waals surface area (Å²) in [5.74, 6) is 1.12. The van der Waals surface area contributed by atoms with Crippen molar-refractivity contribution in [3.63, 3.8) is 0 Å². The van der Waals surface area contributed by atoms with E-state index in [2.05, 4.69) is 36.5 Å². The zero-order chi connectivity index (χ0) is 12.5. The molecule has 3 heteroatoms. The van der Waals surface area contributed by atoms with E-state index in [4.69, 9.17) is 4.74 Å². The van der Waals surface area contributed by atoms with Gasteiger partial charge in [-0.25, -0.2) is 0 Å². The zero-order valence-corrected chi connectivity index (χ0v) is 11.8. The molecule has 0 fully saturated rings. The fourth-order valence-electron chi connectivity index (χ4n) is 1.86. The number of hydrogen-bond donors (Lipinski definition) is 1. The number of thioether (sulfide) groups is 1. The minimum absolute atomic E-state index is 0.459. The summed E-state index contributed by atoms with van der Waals surface area (Å²) in [6.45, 7) is 3.06. The van der Waals surface area contributed by atoms with E-state index in [1.807, 2.05) is 18.8 Å². The minimum atomic E-state index is 0.459. The molecule has 0 saturated heterocycles. The van der Waals surface area contributed by atoms with Gasteiger partial charge in [-0.05, 0) is 31.5 Å². The molecule has 0 saturated carbocycles. The van der Waals surface area contributed by atoms with Gasteiger partial charge in [0.05, 0.1) is 0 Å². The van der Waals surface area contributed by atoms with E-state index in [0.717, 1.165) is 25.2 Å². The van der Waals surface area contributed by atoms with Crippen molar-refractivity contribution in [1.82, 2.24) is 5.32 Å². The van der Waals surface area contributed by atoms with Crippen molar-refractivity contribution in [3.8, 4) is 0 Å². The van der Waals surface area contributed by atoms with Crippen molar-refractivity contribution in [2.24, 2.45) is 0 Å². The largest absolute Gasteiger partial charge is 0.385 e. The molecule has 17 heavy (non-hydrogen) atoms. The van der Waals surface area contributed by atoms with Gasteiger partial charge >= 0.3 is 0 Å². The molecule has 1 aromatic rings. The Balaban J connectivity index is 2.63. The maximum absolute atomic E-state index is 5.07. The molecule has 0 spiro atoms. The van der Waals surface area contributed by atoms with Crippen molar-refractivity contribution >= 4 is 11.8 Å². The molecule has 0 bridgehead atoms. The van der Waals surface area contributed by atoms with Crippen LogP contribution in [0, 0.1) is 0 Å². The van der Waals surface area contributed by atoms with Gasteiger partial charge in [-0.1, -0.05) is 25.1 Å². The van der Waals surface area contributed by atoms with Crippen LogP contribution in [0.3, 0.4) is 0 Å². The molecule has 0 aliphatic carbocycles. The first-order valence-electron chi connectivity index (χ1n) is 6.21. The van der Waals surface area contributed by atoms with Crippen LogP contribution >= 0.6 is 11.8 Å². The van der Waals surface area contributed by atoms with E-state index < -0.39 is 0 Å². The molecule has 0 aliphatic rings. The number of nitrogens with one attached hydrogen (secondary N) is 1. The predicted octanol–water partition coefficient (Wildman–Crippen LogP) is 3.49. The monoisotopic (exact) mass is 253 g/mol. The lowest BCUT2D eigenvalue weighted by molar-refractivity contribution is 0.200. The van der Waals surface area contributed by atoms with E-state index in [1.165, 1.54) is 10.5 Å². The van der Waals surface area contributed by atoms with Gasteiger partial charge < -0.3 is 10.1 Å². The maximum atomic E-state index is 5.07. The molecule has 2 nitrogen and oxygen atoms in total.